The van der Waals surface area contributed by atoms with Gasteiger partial charge in [0.15, 0.2) is 11.5 Å². The summed E-state index contributed by atoms with van der Waals surface area (Å²) in [5.74, 6) is 2.32. The number of amides is 1. The van der Waals surface area contributed by atoms with E-state index >= 15 is 0 Å². The third-order valence-corrected chi connectivity index (χ3v) is 7.71. The van der Waals surface area contributed by atoms with Crippen LogP contribution in [0.1, 0.15) is 43.2 Å². The highest BCUT2D eigenvalue weighted by Crippen LogP contribution is 2.50. The van der Waals surface area contributed by atoms with Crippen molar-refractivity contribution in [1.29, 1.82) is 0 Å². The second kappa shape index (κ2) is 8.19. The van der Waals surface area contributed by atoms with Gasteiger partial charge < -0.3 is 19.7 Å². The molecule has 4 atom stereocenters. The van der Waals surface area contributed by atoms with Crippen molar-refractivity contribution in [3.63, 3.8) is 0 Å². The zero-order chi connectivity index (χ0) is 21.4. The third kappa shape index (κ3) is 3.39. The van der Waals surface area contributed by atoms with E-state index in [4.69, 9.17) is 9.47 Å². The Hall–Kier alpha value is -2.53. The van der Waals surface area contributed by atoms with Gasteiger partial charge >= 0.3 is 0 Å². The molecule has 2 unspecified atom stereocenters. The molecule has 2 aromatic rings. The van der Waals surface area contributed by atoms with E-state index < -0.39 is 0 Å². The number of carbonyl (C=O) groups excluding carboxylic acids is 1. The lowest BCUT2D eigenvalue weighted by molar-refractivity contribution is -0.140. The minimum absolute atomic E-state index is 0.0713. The Bertz CT molecular complexity index is 947. The Morgan fingerprint density at radius 3 is 2.81 bits per heavy atom. The zero-order valence-electron chi connectivity index (χ0n) is 18.5. The summed E-state index contributed by atoms with van der Waals surface area (Å²) in [5.41, 5.74) is 2.29. The lowest BCUT2D eigenvalue weighted by Crippen LogP contribution is -2.52. The average molecular weight is 421 g/mol. The molecular weight excluding hydrogens is 388 g/mol. The van der Waals surface area contributed by atoms with Crippen molar-refractivity contribution >= 4 is 5.91 Å². The molecule has 0 bridgehead atoms. The summed E-state index contributed by atoms with van der Waals surface area (Å²) in [6.07, 6.45) is 2.91. The van der Waals surface area contributed by atoms with Gasteiger partial charge in [-0.25, -0.2) is 0 Å². The summed E-state index contributed by atoms with van der Waals surface area (Å²) in [4.78, 5) is 16.1. The SMILES string of the molecule is COc1cccc2c1OCC[C@]21CNC[C@H]1C(=O)N1CCC(c2ccccc2)CC1C. The maximum Gasteiger partial charge on any atom is 0.228 e. The Balaban J connectivity index is 1.39. The van der Waals surface area contributed by atoms with Gasteiger partial charge in [0.05, 0.1) is 19.6 Å². The van der Waals surface area contributed by atoms with Crippen LogP contribution in [-0.4, -0.2) is 50.2 Å². The van der Waals surface area contributed by atoms with Gasteiger partial charge in [0.25, 0.3) is 0 Å². The van der Waals surface area contributed by atoms with E-state index in [1.807, 2.05) is 12.1 Å². The number of nitrogens with one attached hydrogen (secondary N) is 1. The Kier molecular flexibility index (Phi) is 5.39. The van der Waals surface area contributed by atoms with Crippen LogP contribution in [0.25, 0.3) is 0 Å². The first-order valence-corrected chi connectivity index (χ1v) is 11.5. The molecule has 2 fully saturated rings. The van der Waals surface area contributed by atoms with Gasteiger partial charge in [0.2, 0.25) is 5.91 Å². The van der Waals surface area contributed by atoms with Crippen LogP contribution < -0.4 is 14.8 Å². The Labute approximate surface area is 184 Å². The molecule has 1 N–H and O–H groups in total. The van der Waals surface area contributed by atoms with E-state index in [1.165, 1.54) is 5.56 Å². The largest absolute Gasteiger partial charge is 0.493 e. The molecule has 2 saturated heterocycles. The van der Waals surface area contributed by atoms with Crippen LogP contribution in [0.15, 0.2) is 48.5 Å². The maximum atomic E-state index is 13.9. The lowest BCUT2D eigenvalue weighted by Gasteiger charge is -2.44. The number of rotatable bonds is 3. The first kappa shape index (κ1) is 20.4. The van der Waals surface area contributed by atoms with Crippen molar-refractivity contribution in [1.82, 2.24) is 10.2 Å². The van der Waals surface area contributed by atoms with E-state index in [-0.39, 0.29) is 17.4 Å². The minimum Gasteiger partial charge on any atom is -0.493 e. The Morgan fingerprint density at radius 1 is 1.19 bits per heavy atom. The quantitative estimate of drug-likeness (QED) is 0.822. The van der Waals surface area contributed by atoms with Crippen molar-refractivity contribution in [2.45, 2.75) is 43.6 Å². The number of methoxy groups -OCH3 is 1. The monoisotopic (exact) mass is 420 g/mol. The second-order valence-corrected chi connectivity index (χ2v) is 9.29. The smallest absolute Gasteiger partial charge is 0.228 e. The molecular formula is C26H32N2O3. The van der Waals surface area contributed by atoms with Gasteiger partial charge in [-0.2, -0.15) is 0 Å². The number of ether oxygens (including phenoxy) is 2. The van der Waals surface area contributed by atoms with Gasteiger partial charge in [-0.15, -0.1) is 0 Å². The molecule has 5 nitrogen and oxygen atoms in total. The molecule has 0 radical (unpaired) electrons. The van der Waals surface area contributed by atoms with Crippen LogP contribution in [0.5, 0.6) is 11.5 Å². The molecule has 5 rings (SSSR count). The highest BCUT2D eigenvalue weighted by atomic mass is 16.5. The Morgan fingerprint density at radius 2 is 2.03 bits per heavy atom. The number of hydrogen-bond acceptors (Lipinski definition) is 4. The number of nitrogens with zero attached hydrogens (tertiary/aromatic N) is 1. The van der Waals surface area contributed by atoms with Crippen molar-refractivity contribution in [2.75, 3.05) is 33.4 Å². The summed E-state index contributed by atoms with van der Waals surface area (Å²) in [6.45, 7) is 5.18. The fourth-order valence-corrected chi connectivity index (χ4v) is 6.04. The summed E-state index contributed by atoms with van der Waals surface area (Å²) in [6, 6.07) is 17.1. The normalized spacial score (nSPS) is 30.0. The molecule has 0 aliphatic carbocycles. The van der Waals surface area contributed by atoms with Crippen molar-refractivity contribution in [3.05, 3.63) is 59.7 Å². The molecule has 3 aliphatic heterocycles. The zero-order valence-corrected chi connectivity index (χ0v) is 18.5. The van der Waals surface area contributed by atoms with Gasteiger partial charge in [-0.05, 0) is 43.7 Å². The van der Waals surface area contributed by atoms with Gasteiger partial charge in [-0.1, -0.05) is 42.5 Å². The summed E-state index contributed by atoms with van der Waals surface area (Å²) >= 11 is 0. The molecule has 1 amide bonds. The predicted molar refractivity (Wildman–Crippen MR) is 121 cm³/mol. The molecule has 0 saturated carbocycles. The van der Waals surface area contributed by atoms with E-state index in [1.54, 1.807) is 7.11 Å². The maximum absolute atomic E-state index is 13.9. The lowest BCUT2D eigenvalue weighted by atomic mass is 9.68. The molecule has 5 heteroatoms. The molecule has 0 aromatic heterocycles. The van der Waals surface area contributed by atoms with E-state index in [2.05, 4.69) is 53.5 Å². The van der Waals surface area contributed by atoms with Crippen molar-refractivity contribution < 1.29 is 14.3 Å². The number of hydrogen-bond donors (Lipinski definition) is 1. The third-order valence-electron chi connectivity index (χ3n) is 7.71. The molecule has 31 heavy (non-hydrogen) atoms. The van der Waals surface area contributed by atoms with Crippen LogP contribution in [0, 0.1) is 5.92 Å². The van der Waals surface area contributed by atoms with Crippen molar-refractivity contribution in [3.8, 4) is 11.5 Å². The van der Waals surface area contributed by atoms with Gasteiger partial charge in [0, 0.05) is 36.7 Å². The summed E-state index contributed by atoms with van der Waals surface area (Å²) < 4.78 is 11.6. The fraction of sp³-hybridized carbons (Fsp3) is 0.500. The highest BCUT2D eigenvalue weighted by Gasteiger charge is 2.52. The number of fused-ring (bicyclic) bond motifs is 2. The first-order valence-electron chi connectivity index (χ1n) is 11.5. The first-order chi connectivity index (χ1) is 15.1. The van der Waals surface area contributed by atoms with Crippen LogP contribution in [-0.2, 0) is 10.2 Å². The summed E-state index contributed by atoms with van der Waals surface area (Å²) in [5, 5.41) is 3.54. The molecule has 3 heterocycles. The molecule has 3 aliphatic rings. The molecule has 2 aromatic carbocycles. The fourth-order valence-electron chi connectivity index (χ4n) is 6.04. The standard InChI is InChI=1S/C26H32N2O3/c1-18-15-20(19-7-4-3-5-8-19)11-13-28(18)25(29)22-16-27-17-26(22)12-14-31-24-21(26)9-6-10-23(24)30-2/h3-10,18,20,22,27H,11-17H2,1-2H3/t18?,20?,22-,26-/m0/s1. The number of para-hydroxylation sites is 1. The number of piperidine rings is 1. The van der Waals surface area contributed by atoms with Crippen LogP contribution in [0.4, 0.5) is 0 Å². The van der Waals surface area contributed by atoms with Crippen LogP contribution >= 0.6 is 0 Å². The van der Waals surface area contributed by atoms with Gasteiger partial charge in [-0.3, -0.25) is 4.79 Å². The predicted octanol–water partition coefficient (Wildman–Crippen LogP) is 3.73. The van der Waals surface area contributed by atoms with E-state index in [0.29, 0.717) is 18.4 Å². The molecule has 164 valence electrons. The van der Waals surface area contributed by atoms with E-state index in [9.17, 15) is 4.79 Å². The number of benzene rings is 2. The number of likely N-dealkylation sites (tertiary alicyclic amines) is 1. The van der Waals surface area contributed by atoms with Crippen LogP contribution in [0.2, 0.25) is 0 Å². The average Bonchev–Trinajstić information content (AvgIpc) is 3.23. The molecule has 1 spiro atoms. The van der Waals surface area contributed by atoms with E-state index in [0.717, 1.165) is 56.0 Å². The topological polar surface area (TPSA) is 50.8 Å². The summed E-state index contributed by atoms with van der Waals surface area (Å²) in [7, 11) is 1.67. The second-order valence-electron chi connectivity index (χ2n) is 9.29. The van der Waals surface area contributed by atoms with Crippen LogP contribution in [0.3, 0.4) is 0 Å². The van der Waals surface area contributed by atoms with Crippen molar-refractivity contribution in [2.24, 2.45) is 5.92 Å². The number of carbonyl (C=O) groups is 1. The highest BCUT2D eigenvalue weighted by molar-refractivity contribution is 5.82. The minimum atomic E-state index is -0.227. The van der Waals surface area contributed by atoms with Gasteiger partial charge in [0.1, 0.15) is 0 Å².